The summed E-state index contributed by atoms with van der Waals surface area (Å²) in [7, 11) is 0. The van der Waals surface area contributed by atoms with E-state index in [2.05, 4.69) is 0 Å². The van der Waals surface area contributed by atoms with Crippen LogP contribution in [-0.2, 0) is 0 Å². The van der Waals surface area contributed by atoms with E-state index in [1.807, 2.05) is 30.3 Å². The lowest BCUT2D eigenvalue weighted by molar-refractivity contribution is 0.477. The van der Waals surface area contributed by atoms with Crippen LogP contribution in [-0.4, -0.2) is 5.11 Å². The van der Waals surface area contributed by atoms with Gasteiger partial charge in [-0.25, -0.2) is 0 Å². The van der Waals surface area contributed by atoms with Crippen molar-refractivity contribution in [2.45, 2.75) is 0 Å². The minimum absolute atomic E-state index is 0.362. The van der Waals surface area contributed by atoms with Crippen molar-refractivity contribution >= 4 is 16.6 Å². The zero-order chi connectivity index (χ0) is 7.40. The molecule has 0 aliphatic heterocycles. The quantitative estimate of drug-likeness (QED) is 0.617. The van der Waals surface area contributed by atoms with E-state index >= 15 is 0 Å². The van der Waals surface area contributed by atoms with Crippen molar-refractivity contribution in [3.05, 3.63) is 42.2 Å². The Labute approximate surface area is 64.6 Å². The Bertz CT molecular complexity index is 228. The summed E-state index contributed by atoms with van der Waals surface area (Å²) in [5.41, 5.74) is 0.826. The Kier molecular flexibility index (Phi) is 2.35. The Morgan fingerprint density at radius 3 is 2.40 bits per heavy atom. The summed E-state index contributed by atoms with van der Waals surface area (Å²) in [6, 6.07) is 9.28. The highest BCUT2D eigenvalue weighted by atomic mass is 35.5. The summed E-state index contributed by atoms with van der Waals surface area (Å²) in [6.07, 6.45) is 0.886. The van der Waals surface area contributed by atoms with Gasteiger partial charge in [-0.15, -0.1) is 0 Å². The van der Waals surface area contributed by atoms with Gasteiger partial charge in [0.2, 0.25) is 0 Å². The van der Waals surface area contributed by atoms with Gasteiger partial charge >= 0.3 is 0 Å². The molecule has 0 aromatic heterocycles. The maximum Gasteiger partial charge on any atom is 0.0984 e. The topological polar surface area (TPSA) is 20.2 Å². The fourth-order valence-electron chi connectivity index (χ4n) is 0.672. The first-order valence-corrected chi connectivity index (χ1v) is 3.27. The molecule has 1 rings (SSSR count). The van der Waals surface area contributed by atoms with Crippen molar-refractivity contribution in [2.75, 3.05) is 0 Å². The second-order valence-electron chi connectivity index (χ2n) is 1.84. The van der Waals surface area contributed by atoms with E-state index in [1.54, 1.807) is 0 Å². The molecule has 0 saturated heterocycles. The number of hydrogen-bond donors (Lipinski definition) is 1. The SMILES string of the molecule is OC=C(Cl)c1ccccc1. The van der Waals surface area contributed by atoms with E-state index in [1.165, 1.54) is 0 Å². The van der Waals surface area contributed by atoms with Crippen LogP contribution < -0.4 is 0 Å². The second kappa shape index (κ2) is 3.28. The lowest BCUT2D eigenvalue weighted by Crippen LogP contribution is -1.73. The van der Waals surface area contributed by atoms with Crippen LogP contribution in [0.1, 0.15) is 5.56 Å². The van der Waals surface area contributed by atoms with E-state index in [0.717, 1.165) is 11.8 Å². The van der Waals surface area contributed by atoms with Crippen LogP contribution in [0.25, 0.3) is 5.03 Å². The predicted octanol–water partition coefficient (Wildman–Crippen LogP) is 2.78. The van der Waals surface area contributed by atoms with Crippen LogP contribution in [0.2, 0.25) is 0 Å². The zero-order valence-corrected chi connectivity index (χ0v) is 6.05. The molecule has 52 valence electrons. The average molecular weight is 155 g/mol. The van der Waals surface area contributed by atoms with Gasteiger partial charge < -0.3 is 5.11 Å². The number of aliphatic hydroxyl groups excluding tert-OH is 1. The van der Waals surface area contributed by atoms with E-state index < -0.39 is 0 Å². The molecule has 1 nitrogen and oxygen atoms in total. The monoisotopic (exact) mass is 154 g/mol. The highest BCUT2D eigenvalue weighted by molar-refractivity contribution is 6.48. The normalized spacial score (nSPS) is 11.5. The van der Waals surface area contributed by atoms with Gasteiger partial charge in [-0.1, -0.05) is 41.9 Å². The average Bonchev–Trinajstić information content (AvgIpc) is 2.05. The third-order valence-electron chi connectivity index (χ3n) is 1.16. The molecule has 10 heavy (non-hydrogen) atoms. The van der Waals surface area contributed by atoms with Crippen molar-refractivity contribution in [3.8, 4) is 0 Å². The van der Waals surface area contributed by atoms with Gasteiger partial charge in [0.1, 0.15) is 0 Å². The van der Waals surface area contributed by atoms with Gasteiger partial charge in [-0.2, -0.15) is 0 Å². The molecular weight excluding hydrogens is 148 g/mol. The molecule has 2 heteroatoms. The molecule has 0 spiro atoms. The molecule has 0 bridgehead atoms. The molecule has 0 saturated carbocycles. The van der Waals surface area contributed by atoms with Crippen molar-refractivity contribution in [2.24, 2.45) is 0 Å². The summed E-state index contributed by atoms with van der Waals surface area (Å²) in [5, 5.41) is 8.86. The lowest BCUT2D eigenvalue weighted by atomic mass is 10.2. The first-order valence-electron chi connectivity index (χ1n) is 2.90. The molecule has 0 aliphatic rings. The van der Waals surface area contributed by atoms with Gasteiger partial charge in [0.15, 0.2) is 0 Å². The van der Waals surface area contributed by atoms with E-state index in [9.17, 15) is 0 Å². The number of benzene rings is 1. The third kappa shape index (κ3) is 1.52. The first-order chi connectivity index (χ1) is 4.84. The van der Waals surface area contributed by atoms with Crippen molar-refractivity contribution < 1.29 is 5.11 Å². The van der Waals surface area contributed by atoms with Crippen LogP contribution in [0.5, 0.6) is 0 Å². The van der Waals surface area contributed by atoms with E-state index in [0.29, 0.717) is 5.03 Å². The minimum atomic E-state index is 0.362. The van der Waals surface area contributed by atoms with Crippen LogP contribution in [0.3, 0.4) is 0 Å². The molecule has 0 heterocycles. The Morgan fingerprint density at radius 1 is 1.30 bits per heavy atom. The highest BCUT2D eigenvalue weighted by Crippen LogP contribution is 2.16. The largest absolute Gasteiger partial charge is 0.514 e. The Balaban J connectivity index is 2.96. The minimum Gasteiger partial charge on any atom is -0.514 e. The maximum absolute atomic E-state index is 8.49. The van der Waals surface area contributed by atoms with Gasteiger partial charge in [-0.05, 0) is 5.56 Å². The molecule has 0 radical (unpaired) electrons. The third-order valence-corrected chi connectivity index (χ3v) is 1.48. The first kappa shape index (κ1) is 7.16. The summed E-state index contributed by atoms with van der Waals surface area (Å²) in [5.74, 6) is 0. The van der Waals surface area contributed by atoms with Crippen molar-refractivity contribution in [1.82, 2.24) is 0 Å². The lowest BCUT2D eigenvalue weighted by Gasteiger charge is -1.93. The molecule has 0 unspecified atom stereocenters. The number of halogens is 1. The number of hydrogen-bond acceptors (Lipinski definition) is 1. The highest BCUT2D eigenvalue weighted by Gasteiger charge is 1.93. The molecule has 1 aromatic carbocycles. The zero-order valence-electron chi connectivity index (χ0n) is 5.29. The molecule has 1 N–H and O–H groups in total. The van der Waals surface area contributed by atoms with Crippen LogP contribution in [0.4, 0.5) is 0 Å². The van der Waals surface area contributed by atoms with Gasteiger partial charge in [-0.3, -0.25) is 0 Å². The van der Waals surface area contributed by atoms with E-state index in [4.69, 9.17) is 16.7 Å². The number of rotatable bonds is 1. The van der Waals surface area contributed by atoms with Crippen LogP contribution >= 0.6 is 11.6 Å². The van der Waals surface area contributed by atoms with E-state index in [-0.39, 0.29) is 0 Å². The molecule has 0 atom stereocenters. The summed E-state index contributed by atoms with van der Waals surface area (Å²) < 4.78 is 0. The molecule has 0 aliphatic carbocycles. The summed E-state index contributed by atoms with van der Waals surface area (Å²) in [6.45, 7) is 0. The smallest absolute Gasteiger partial charge is 0.0984 e. The summed E-state index contributed by atoms with van der Waals surface area (Å²) in [4.78, 5) is 0. The van der Waals surface area contributed by atoms with Crippen LogP contribution in [0.15, 0.2) is 36.6 Å². The van der Waals surface area contributed by atoms with Crippen molar-refractivity contribution in [1.29, 1.82) is 0 Å². The fourth-order valence-corrected chi connectivity index (χ4v) is 0.798. The predicted molar refractivity (Wildman–Crippen MR) is 42.9 cm³/mol. The Morgan fingerprint density at radius 2 is 1.90 bits per heavy atom. The van der Waals surface area contributed by atoms with Gasteiger partial charge in [0.25, 0.3) is 0 Å². The van der Waals surface area contributed by atoms with Crippen molar-refractivity contribution in [3.63, 3.8) is 0 Å². The standard InChI is InChI=1S/C8H7ClO/c9-8(6-10)7-4-2-1-3-5-7/h1-6,10H. The summed E-state index contributed by atoms with van der Waals surface area (Å²) >= 11 is 5.60. The van der Waals surface area contributed by atoms with Crippen LogP contribution in [0, 0.1) is 0 Å². The molecule has 0 amide bonds. The number of aliphatic hydroxyl groups is 1. The maximum atomic E-state index is 8.49. The fraction of sp³-hybridized carbons (Fsp3) is 0. The molecular formula is C8H7ClO. The Hall–Kier alpha value is -0.950. The second-order valence-corrected chi connectivity index (χ2v) is 2.25. The van der Waals surface area contributed by atoms with Gasteiger partial charge in [0, 0.05) is 0 Å². The molecule has 0 fully saturated rings. The molecule has 1 aromatic rings. The van der Waals surface area contributed by atoms with Gasteiger partial charge in [0.05, 0.1) is 11.3 Å².